The maximum absolute atomic E-state index is 4.64. The Balaban J connectivity index is 2.03. The molecule has 19 heavy (non-hydrogen) atoms. The van der Waals surface area contributed by atoms with E-state index in [1.807, 2.05) is 44.6 Å². The van der Waals surface area contributed by atoms with Crippen LogP contribution in [0.5, 0.6) is 0 Å². The van der Waals surface area contributed by atoms with Crippen molar-refractivity contribution in [3.8, 4) is 11.3 Å². The normalized spacial score (nSPS) is 10.6. The summed E-state index contributed by atoms with van der Waals surface area (Å²) in [5.41, 5.74) is 5.03. The van der Waals surface area contributed by atoms with Crippen molar-refractivity contribution >= 4 is 16.7 Å². The SMILES string of the molecule is CN(C)c1ccc(-c2cnc3ccccc3n2)cc1. The first kappa shape index (κ1) is 11.7. The summed E-state index contributed by atoms with van der Waals surface area (Å²) >= 11 is 0. The molecule has 0 N–H and O–H groups in total. The van der Waals surface area contributed by atoms with Gasteiger partial charge in [-0.2, -0.15) is 0 Å². The van der Waals surface area contributed by atoms with Crippen LogP contribution in [0.1, 0.15) is 0 Å². The molecule has 0 radical (unpaired) electrons. The van der Waals surface area contributed by atoms with Crippen LogP contribution in [-0.4, -0.2) is 24.1 Å². The third-order valence-electron chi connectivity index (χ3n) is 3.13. The summed E-state index contributed by atoms with van der Waals surface area (Å²) < 4.78 is 0. The number of nitrogens with zero attached hydrogens (tertiary/aromatic N) is 3. The van der Waals surface area contributed by atoms with Gasteiger partial charge in [0.2, 0.25) is 0 Å². The van der Waals surface area contributed by atoms with Gasteiger partial charge in [0.15, 0.2) is 0 Å². The lowest BCUT2D eigenvalue weighted by Gasteiger charge is -2.12. The van der Waals surface area contributed by atoms with Crippen molar-refractivity contribution in [2.75, 3.05) is 19.0 Å². The van der Waals surface area contributed by atoms with Crippen molar-refractivity contribution < 1.29 is 0 Å². The van der Waals surface area contributed by atoms with Crippen molar-refractivity contribution in [2.45, 2.75) is 0 Å². The molecule has 0 aliphatic heterocycles. The fraction of sp³-hybridized carbons (Fsp3) is 0.125. The van der Waals surface area contributed by atoms with E-state index in [-0.39, 0.29) is 0 Å². The van der Waals surface area contributed by atoms with Gasteiger partial charge in [-0.25, -0.2) is 4.98 Å². The summed E-state index contributed by atoms with van der Waals surface area (Å²) in [4.78, 5) is 11.2. The van der Waals surface area contributed by atoms with E-state index in [1.165, 1.54) is 5.69 Å². The number of benzene rings is 2. The minimum absolute atomic E-state index is 0.906. The molecule has 94 valence electrons. The first-order valence-electron chi connectivity index (χ1n) is 6.23. The average molecular weight is 249 g/mol. The zero-order valence-electron chi connectivity index (χ0n) is 11.0. The Morgan fingerprint density at radius 1 is 0.842 bits per heavy atom. The molecule has 3 rings (SSSR count). The standard InChI is InChI=1S/C16H15N3/c1-19(2)13-9-7-12(8-10-13)16-11-17-14-5-3-4-6-15(14)18-16/h3-11H,1-2H3. The lowest BCUT2D eigenvalue weighted by atomic mass is 10.1. The highest BCUT2D eigenvalue weighted by Crippen LogP contribution is 2.21. The third kappa shape index (κ3) is 2.27. The summed E-state index contributed by atoms with van der Waals surface area (Å²) in [7, 11) is 4.07. The molecule has 0 aliphatic rings. The van der Waals surface area contributed by atoms with Crippen LogP contribution in [0.2, 0.25) is 0 Å². The van der Waals surface area contributed by atoms with Gasteiger partial charge in [0.25, 0.3) is 0 Å². The summed E-state index contributed by atoms with van der Waals surface area (Å²) in [6, 6.07) is 16.3. The van der Waals surface area contributed by atoms with E-state index in [0.717, 1.165) is 22.3 Å². The molecule has 3 aromatic rings. The minimum Gasteiger partial charge on any atom is -0.378 e. The van der Waals surface area contributed by atoms with Crippen LogP contribution in [0.15, 0.2) is 54.7 Å². The zero-order valence-corrected chi connectivity index (χ0v) is 11.0. The molecule has 3 heteroatoms. The summed E-state index contributed by atoms with van der Waals surface area (Å²) in [5.74, 6) is 0. The van der Waals surface area contributed by atoms with Crippen LogP contribution in [0.25, 0.3) is 22.3 Å². The average Bonchev–Trinajstić information content (AvgIpc) is 2.47. The highest BCUT2D eigenvalue weighted by molar-refractivity contribution is 5.77. The van der Waals surface area contributed by atoms with Crippen LogP contribution < -0.4 is 4.90 Å². The van der Waals surface area contributed by atoms with Gasteiger partial charge in [-0.05, 0) is 24.3 Å². The van der Waals surface area contributed by atoms with E-state index in [4.69, 9.17) is 0 Å². The number of para-hydroxylation sites is 2. The topological polar surface area (TPSA) is 29.0 Å². The maximum Gasteiger partial charge on any atom is 0.0894 e. The van der Waals surface area contributed by atoms with Gasteiger partial charge in [0, 0.05) is 25.3 Å². The molecule has 0 atom stereocenters. The molecule has 0 saturated heterocycles. The second-order valence-electron chi connectivity index (χ2n) is 4.69. The number of hydrogen-bond donors (Lipinski definition) is 0. The van der Waals surface area contributed by atoms with Gasteiger partial charge < -0.3 is 4.90 Å². The number of fused-ring (bicyclic) bond motifs is 1. The van der Waals surface area contributed by atoms with Crippen molar-refractivity contribution in [3.05, 3.63) is 54.7 Å². The first-order valence-corrected chi connectivity index (χ1v) is 6.23. The largest absolute Gasteiger partial charge is 0.378 e. The van der Waals surface area contributed by atoms with Crippen LogP contribution in [-0.2, 0) is 0 Å². The Morgan fingerprint density at radius 3 is 2.21 bits per heavy atom. The van der Waals surface area contributed by atoms with Gasteiger partial charge in [-0.1, -0.05) is 24.3 Å². The van der Waals surface area contributed by atoms with E-state index >= 15 is 0 Å². The summed E-state index contributed by atoms with van der Waals surface area (Å²) in [6.45, 7) is 0. The predicted molar refractivity (Wildman–Crippen MR) is 79.3 cm³/mol. The van der Waals surface area contributed by atoms with Crippen LogP contribution >= 0.6 is 0 Å². The summed E-state index contributed by atoms with van der Waals surface area (Å²) in [5, 5.41) is 0. The number of hydrogen-bond acceptors (Lipinski definition) is 3. The fourth-order valence-corrected chi connectivity index (χ4v) is 2.03. The number of aromatic nitrogens is 2. The lowest BCUT2D eigenvalue weighted by molar-refractivity contribution is 1.13. The molecule has 0 unspecified atom stereocenters. The smallest absolute Gasteiger partial charge is 0.0894 e. The molecule has 1 aromatic heterocycles. The molecule has 0 amide bonds. The molecule has 2 aromatic carbocycles. The second kappa shape index (κ2) is 4.69. The molecule has 0 bridgehead atoms. The lowest BCUT2D eigenvalue weighted by Crippen LogP contribution is -2.07. The molecular weight excluding hydrogens is 234 g/mol. The van der Waals surface area contributed by atoms with Gasteiger partial charge in [0.05, 0.1) is 22.9 Å². The van der Waals surface area contributed by atoms with Gasteiger partial charge in [-0.15, -0.1) is 0 Å². The number of anilines is 1. The Bertz CT molecular complexity index is 703. The van der Waals surface area contributed by atoms with Crippen molar-refractivity contribution in [2.24, 2.45) is 0 Å². The Morgan fingerprint density at radius 2 is 1.53 bits per heavy atom. The first-order chi connectivity index (χ1) is 9.24. The van der Waals surface area contributed by atoms with E-state index < -0.39 is 0 Å². The third-order valence-corrected chi connectivity index (χ3v) is 3.13. The van der Waals surface area contributed by atoms with Crippen molar-refractivity contribution in [3.63, 3.8) is 0 Å². The fourth-order valence-electron chi connectivity index (χ4n) is 2.03. The minimum atomic E-state index is 0.906. The van der Waals surface area contributed by atoms with Crippen molar-refractivity contribution in [1.82, 2.24) is 9.97 Å². The Kier molecular flexibility index (Phi) is 2.88. The van der Waals surface area contributed by atoms with Crippen LogP contribution in [0.4, 0.5) is 5.69 Å². The van der Waals surface area contributed by atoms with E-state index in [0.29, 0.717) is 0 Å². The van der Waals surface area contributed by atoms with Gasteiger partial charge in [0.1, 0.15) is 0 Å². The molecular formula is C16H15N3. The van der Waals surface area contributed by atoms with Gasteiger partial charge in [-0.3, -0.25) is 4.98 Å². The van der Waals surface area contributed by atoms with Crippen LogP contribution in [0, 0.1) is 0 Å². The molecule has 1 heterocycles. The van der Waals surface area contributed by atoms with E-state index in [2.05, 4.69) is 39.1 Å². The Labute approximate surface area is 112 Å². The maximum atomic E-state index is 4.64. The number of rotatable bonds is 2. The molecule has 0 aliphatic carbocycles. The highest BCUT2D eigenvalue weighted by Gasteiger charge is 2.03. The monoisotopic (exact) mass is 249 g/mol. The van der Waals surface area contributed by atoms with Crippen molar-refractivity contribution in [1.29, 1.82) is 0 Å². The van der Waals surface area contributed by atoms with E-state index in [9.17, 15) is 0 Å². The van der Waals surface area contributed by atoms with Crippen LogP contribution in [0.3, 0.4) is 0 Å². The second-order valence-corrected chi connectivity index (χ2v) is 4.69. The molecule has 0 spiro atoms. The zero-order chi connectivity index (χ0) is 13.2. The quantitative estimate of drug-likeness (QED) is 0.697. The summed E-state index contributed by atoms with van der Waals surface area (Å²) in [6.07, 6.45) is 1.83. The predicted octanol–water partition coefficient (Wildman–Crippen LogP) is 3.36. The molecule has 0 saturated carbocycles. The molecule has 0 fully saturated rings. The molecule has 3 nitrogen and oxygen atoms in total. The van der Waals surface area contributed by atoms with E-state index in [1.54, 1.807) is 0 Å². The highest BCUT2D eigenvalue weighted by atomic mass is 15.1. The Hall–Kier alpha value is -2.42. The van der Waals surface area contributed by atoms with Gasteiger partial charge >= 0.3 is 0 Å².